The molecule has 0 saturated carbocycles. The van der Waals surface area contributed by atoms with Crippen LogP contribution < -0.4 is 0 Å². The summed E-state index contributed by atoms with van der Waals surface area (Å²) in [6.45, 7) is 1.61. The monoisotopic (exact) mass is 438 g/mol. The maximum Gasteiger partial charge on any atom is 0.399 e. The summed E-state index contributed by atoms with van der Waals surface area (Å²) in [5.41, 5.74) is -0.619. The molecule has 0 amide bonds. The van der Waals surface area contributed by atoms with Gasteiger partial charge in [0.15, 0.2) is 5.82 Å². The van der Waals surface area contributed by atoms with Crippen LogP contribution in [0.2, 0.25) is 10.0 Å². The van der Waals surface area contributed by atoms with Gasteiger partial charge < -0.3 is 4.74 Å². The third kappa shape index (κ3) is 5.23. The molecule has 0 fully saturated rings. The van der Waals surface area contributed by atoms with Crippen molar-refractivity contribution in [3.63, 3.8) is 0 Å². The van der Waals surface area contributed by atoms with Crippen LogP contribution in [0.15, 0.2) is 36.4 Å². The van der Waals surface area contributed by atoms with E-state index in [1.165, 1.54) is 6.07 Å². The minimum Gasteiger partial charge on any atom is -0.462 e. The van der Waals surface area contributed by atoms with Crippen molar-refractivity contribution in [3.05, 3.63) is 74.8 Å². The van der Waals surface area contributed by atoms with Gasteiger partial charge in [-0.15, -0.1) is 0 Å². The van der Waals surface area contributed by atoms with Crippen molar-refractivity contribution in [2.45, 2.75) is 19.0 Å². The molecule has 150 valence electrons. The van der Waals surface area contributed by atoms with E-state index in [4.69, 9.17) is 23.2 Å². The number of alkyl halides is 3. The maximum absolute atomic E-state index is 14.0. The first-order valence-corrected chi connectivity index (χ1v) is 8.66. The fourth-order valence-corrected chi connectivity index (χ4v) is 2.88. The second-order valence-electron chi connectivity index (χ2n) is 5.64. The van der Waals surface area contributed by atoms with Crippen LogP contribution in [0.5, 0.6) is 0 Å². The molecule has 2 aromatic rings. The van der Waals surface area contributed by atoms with Crippen LogP contribution in [-0.4, -0.2) is 18.8 Å². The number of halogens is 7. The molecule has 1 unspecified atom stereocenters. The summed E-state index contributed by atoms with van der Waals surface area (Å²) in [6.07, 6.45) is -2.94. The summed E-state index contributed by atoms with van der Waals surface area (Å²) in [7, 11) is 0. The predicted molar refractivity (Wildman–Crippen MR) is 96.6 cm³/mol. The Bertz CT molecular complexity index is 887. The predicted octanol–water partition coefficient (Wildman–Crippen LogP) is 6.81. The average molecular weight is 439 g/mol. The molecule has 0 aliphatic carbocycles. The van der Waals surface area contributed by atoms with Gasteiger partial charge in [-0.1, -0.05) is 41.4 Å². The van der Waals surface area contributed by atoms with Gasteiger partial charge in [-0.05, 0) is 42.3 Å². The molecule has 1 atom stereocenters. The first-order valence-electron chi connectivity index (χ1n) is 7.90. The highest BCUT2D eigenvalue weighted by Crippen LogP contribution is 2.39. The quantitative estimate of drug-likeness (QED) is 0.291. The molecule has 0 aliphatic rings. The van der Waals surface area contributed by atoms with E-state index < -0.39 is 39.7 Å². The second kappa shape index (κ2) is 8.92. The minimum absolute atomic E-state index is 0.0516. The lowest BCUT2D eigenvalue weighted by atomic mass is 9.96. The first-order chi connectivity index (χ1) is 13.0. The Morgan fingerprint density at radius 1 is 1.14 bits per heavy atom. The van der Waals surface area contributed by atoms with Crippen molar-refractivity contribution in [2.24, 2.45) is 0 Å². The van der Waals surface area contributed by atoms with E-state index in [0.29, 0.717) is 0 Å². The van der Waals surface area contributed by atoms with Crippen LogP contribution in [0, 0.1) is 11.6 Å². The molecule has 0 bridgehead atoms. The van der Waals surface area contributed by atoms with Crippen molar-refractivity contribution in [3.8, 4) is 0 Å². The number of hydrogen-bond acceptors (Lipinski definition) is 2. The highest BCUT2D eigenvalue weighted by Gasteiger charge is 2.39. The Balaban J connectivity index is 2.37. The SMILES string of the molecule is CCOC(=O)c1ccc(C=CC(c2cc(Cl)c(F)c(Cl)c2)C(F)(F)F)cc1F. The molecular weight excluding hydrogens is 426 g/mol. The van der Waals surface area contributed by atoms with E-state index >= 15 is 0 Å². The molecule has 2 nitrogen and oxygen atoms in total. The third-order valence-corrected chi connectivity index (χ3v) is 4.24. The Kier molecular flexibility index (Phi) is 7.06. The Morgan fingerprint density at radius 3 is 2.25 bits per heavy atom. The van der Waals surface area contributed by atoms with E-state index in [1.807, 2.05) is 0 Å². The molecule has 28 heavy (non-hydrogen) atoms. The van der Waals surface area contributed by atoms with Crippen LogP contribution in [0.4, 0.5) is 22.0 Å². The number of benzene rings is 2. The molecule has 9 heteroatoms. The Labute approximate surface area is 167 Å². The van der Waals surface area contributed by atoms with Crippen LogP contribution in [-0.2, 0) is 4.74 Å². The van der Waals surface area contributed by atoms with E-state index in [0.717, 1.165) is 36.4 Å². The third-order valence-electron chi connectivity index (χ3n) is 3.69. The van der Waals surface area contributed by atoms with Gasteiger partial charge in [-0.2, -0.15) is 13.2 Å². The van der Waals surface area contributed by atoms with E-state index in [-0.39, 0.29) is 23.3 Å². The lowest BCUT2D eigenvalue weighted by molar-refractivity contribution is -0.139. The highest BCUT2D eigenvalue weighted by atomic mass is 35.5. The second-order valence-corrected chi connectivity index (χ2v) is 6.45. The Hall–Kier alpha value is -2.12. The molecule has 0 N–H and O–H groups in total. The smallest absolute Gasteiger partial charge is 0.399 e. The van der Waals surface area contributed by atoms with Gasteiger partial charge >= 0.3 is 12.1 Å². The number of hydrogen-bond donors (Lipinski definition) is 0. The zero-order valence-electron chi connectivity index (χ0n) is 14.3. The molecule has 0 spiro atoms. The summed E-state index contributed by atoms with van der Waals surface area (Å²) in [5.74, 6) is -4.99. The Morgan fingerprint density at radius 2 is 1.75 bits per heavy atom. The fourth-order valence-electron chi connectivity index (χ4n) is 2.38. The maximum atomic E-state index is 14.0. The van der Waals surface area contributed by atoms with Gasteiger partial charge in [0.2, 0.25) is 0 Å². The van der Waals surface area contributed by atoms with Crippen molar-refractivity contribution < 1.29 is 31.5 Å². The summed E-state index contributed by atoms with van der Waals surface area (Å²) in [4.78, 5) is 11.6. The number of rotatable bonds is 5. The van der Waals surface area contributed by atoms with E-state index in [1.54, 1.807) is 6.92 Å². The van der Waals surface area contributed by atoms with E-state index in [2.05, 4.69) is 4.74 Å². The molecule has 0 radical (unpaired) electrons. The summed E-state index contributed by atoms with van der Waals surface area (Å²) >= 11 is 11.2. The number of esters is 1. The van der Waals surface area contributed by atoms with Gasteiger partial charge in [-0.25, -0.2) is 13.6 Å². The van der Waals surface area contributed by atoms with Crippen molar-refractivity contribution >= 4 is 35.2 Å². The van der Waals surface area contributed by atoms with Crippen LogP contribution in [0.1, 0.15) is 34.3 Å². The normalized spacial score (nSPS) is 13.0. The molecule has 2 rings (SSSR count). The topological polar surface area (TPSA) is 26.3 Å². The van der Waals surface area contributed by atoms with Gasteiger partial charge in [0.25, 0.3) is 0 Å². The molecule has 0 heterocycles. The largest absolute Gasteiger partial charge is 0.462 e. The van der Waals surface area contributed by atoms with Gasteiger partial charge in [0.1, 0.15) is 5.82 Å². The number of carbonyl (C=O) groups is 1. The lowest BCUT2D eigenvalue weighted by Gasteiger charge is -2.18. The molecule has 0 aliphatic heterocycles. The van der Waals surface area contributed by atoms with E-state index in [9.17, 15) is 26.7 Å². The molecule has 2 aromatic carbocycles. The van der Waals surface area contributed by atoms with Gasteiger partial charge in [-0.3, -0.25) is 0 Å². The zero-order valence-corrected chi connectivity index (χ0v) is 15.8. The number of carbonyl (C=O) groups excluding carboxylic acids is 1. The molecule has 0 aromatic heterocycles. The minimum atomic E-state index is -4.73. The average Bonchev–Trinajstić information content (AvgIpc) is 2.58. The summed E-state index contributed by atoms with van der Waals surface area (Å²) in [5, 5.41) is -1.09. The van der Waals surface area contributed by atoms with Crippen molar-refractivity contribution in [1.29, 1.82) is 0 Å². The fraction of sp³-hybridized carbons (Fsp3) is 0.211. The van der Waals surface area contributed by atoms with Gasteiger partial charge in [0, 0.05) is 0 Å². The first kappa shape index (κ1) is 22.2. The lowest BCUT2D eigenvalue weighted by Crippen LogP contribution is -2.19. The van der Waals surface area contributed by atoms with Crippen LogP contribution in [0.3, 0.4) is 0 Å². The number of ether oxygens (including phenoxy) is 1. The van der Waals surface area contributed by atoms with Crippen LogP contribution in [0.25, 0.3) is 6.08 Å². The zero-order chi connectivity index (χ0) is 21.1. The van der Waals surface area contributed by atoms with Gasteiger partial charge in [0.05, 0.1) is 28.1 Å². The summed E-state index contributed by atoms with van der Waals surface area (Å²) in [6, 6.07) is 4.94. The summed E-state index contributed by atoms with van der Waals surface area (Å²) < 4.78 is 72.5. The van der Waals surface area contributed by atoms with Crippen molar-refractivity contribution in [1.82, 2.24) is 0 Å². The van der Waals surface area contributed by atoms with Crippen LogP contribution >= 0.6 is 23.2 Å². The molecule has 0 saturated heterocycles. The highest BCUT2D eigenvalue weighted by molar-refractivity contribution is 6.35. The molecular formula is C19H13Cl2F5O2. The number of allylic oxidation sites excluding steroid dienone is 1. The van der Waals surface area contributed by atoms with Crippen molar-refractivity contribution in [2.75, 3.05) is 6.61 Å². The standard InChI is InChI=1S/C19H13Cl2F5O2/c1-2-28-18(27)12-5-3-10(7-16(12)22)4-6-13(19(24,25)26)11-8-14(20)17(23)15(21)9-11/h3-9,13H,2H2,1H3.